The van der Waals surface area contributed by atoms with Crippen molar-refractivity contribution in [3.05, 3.63) is 0 Å². The number of nitrogens with zero attached hydrogens (tertiary/aromatic N) is 1. The van der Waals surface area contributed by atoms with Gasteiger partial charge >= 0.3 is 0 Å². The van der Waals surface area contributed by atoms with Gasteiger partial charge in [-0.1, -0.05) is 47.5 Å². The third kappa shape index (κ3) is 2.87. The molecule has 106 valence electrons. The smallest absolute Gasteiger partial charge is 0.243 e. The van der Waals surface area contributed by atoms with Gasteiger partial charge < -0.3 is 4.90 Å². The number of hydrogen-bond donors (Lipinski definition) is 1. The second-order valence-corrected chi connectivity index (χ2v) is 6.16. The van der Waals surface area contributed by atoms with Gasteiger partial charge in [0.05, 0.1) is 11.7 Å². The van der Waals surface area contributed by atoms with Crippen LogP contribution in [0.4, 0.5) is 0 Å². The first-order valence-corrected chi connectivity index (χ1v) is 7.48. The van der Waals surface area contributed by atoms with Gasteiger partial charge in [-0.2, -0.15) is 0 Å². The van der Waals surface area contributed by atoms with E-state index >= 15 is 0 Å². The summed E-state index contributed by atoms with van der Waals surface area (Å²) in [6.07, 6.45) is 3.35. The Morgan fingerprint density at radius 1 is 1.28 bits per heavy atom. The van der Waals surface area contributed by atoms with Crippen LogP contribution in [-0.2, 0) is 4.79 Å². The van der Waals surface area contributed by atoms with Crippen LogP contribution in [-0.4, -0.2) is 29.1 Å². The maximum atomic E-state index is 12.6. The molecule has 1 fully saturated rings. The fraction of sp³-hybridized carbons (Fsp3) is 0.933. The van der Waals surface area contributed by atoms with Crippen molar-refractivity contribution in [1.29, 1.82) is 0 Å². The van der Waals surface area contributed by atoms with Crippen LogP contribution in [0.15, 0.2) is 0 Å². The van der Waals surface area contributed by atoms with Crippen molar-refractivity contribution in [3.8, 4) is 0 Å². The fourth-order valence-electron chi connectivity index (χ4n) is 2.71. The molecule has 2 atom stereocenters. The van der Waals surface area contributed by atoms with E-state index in [4.69, 9.17) is 0 Å². The summed E-state index contributed by atoms with van der Waals surface area (Å²) in [6, 6.07) is 0. The highest BCUT2D eigenvalue weighted by Gasteiger charge is 2.47. The van der Waals surface area contributed by atoms with Crippen LogP contribution < -0.4 is 5.32 Å². The molecule has 18 heavy (non-hydrogen) atoms. The van der Waals surface area contributed by atoms with Crippen molar-refractivity contribution in [1.82, 2.24) is 10.2 Å². The lowest BCUT2D eigenvalue weighted by atomic mass is 9.98. The van der Waals surface area contributed by atoms with E-state index < -0.39 is 0 Å². The van der Waals surface area contributed by atoms with Gasteiger partial charge in [-0.15, -0.1) is 0 Å². The molecule has 1 aliphatic rings. The topological polar surface area (TPSA) is 32.3 Å². The summed E-state index contributed by atoms with van der Waals surface area (Å²) in [6.45, 7) is 13.8. The van der Waals surface area contributed by atoms with Crippen LogP contribution in [0.25, 0.3) is 0 Å². The van der Waals surface area contributed by atoms with E-state index in [1.807, 2.05) is 6.92 Å². The average molecular weight is 254 g/mol. The summed E-state index contributed by atoms with van der Waals surface area (Å²) in [7, 11) is 0. The van der Waals surface area contributed by atoms with Gasteiger partial charge in [0.1, 0.15) is 0 Å². The predicted octanol–water partition coefficient (Wildman–Crippen LogP) is 3.01. The van der Waals surface area contributed by atoms with Gasteiger partial charge in [-0.3, -0.25) is 10.1 Å². The third-order valence-corrected chi connectivity index (χ3v) is 4.48. The van der Waals surface area contributed by atoms with Crippen molar-refractivity contribution in [3.63, 3.8) is 0 Å². The van der Waals surface area contributed by atoms with Crippen molar-refractivity contribution in [2.24, 2.45) is 11.8 Å². The number of amides is 1. The minimum atomic E-state index is -0.360. The molecule has 1 saturated heterocycles. The Morgan fingerprint density at radius 2 is 1.83 bits per heavy atom. The normalized spacial score (nSPS) is 28.8. The van der Waals surface area contributed by atoms with Gasteiger partial charge in [-0.05, 0) is 25.2 Å². The van der Waals surface area contributed by atoms with Gasteiger partial charge in [-0.25, -0.2) is 0 Å². The largest absolute Gasteiger partial charge is 0.325 e. The Kier molecular flexibility index (Phi) is 5.20. The van der Waals surface area contributed by atoms with E-state index in [9.17, 15) is 4.79 Å². The van der Waals surface area contributed by atoms with Crippen molar-refractivity contribution < 1.29 is 4.79 Å². The number of hydrogen-bond acceptors (Lipinski definition) is 2. The quantitative estimate of drug-likeness (QED) is 0.790. The molecule has 1 heterocycles. The molecule has 1 N–H and O–H groups in total. The third-order valence-electron chi connectivity index (χ3n) is 4.48. The molecule has 0 bridgehead atoms. The molecule has 1 aliphatic heterocycles. The lowest BCUT2D eigenvalue weighted by Crippen LogP contribution is -2.45. The summed E-state index contributed by atoms with van der Waals surface area (Å²) in [5.74, 6) is 1.36. The predicted molar refractivity (Wildman–Crippen MR) is 76.2 cm³/mol. The molecule has 0 spiro atoms. The van der Waals surface area contributed by atoms with Crippen LogP contribution in [0.1, 0.15) is 60.8 Å². The van der Waals surface area contributed by atoms with Crippen molar-refractivity contribution >= 4 is 5.91 Å². The molecule has 0 aliphatic carbocycles. The first kappa shape index (κ1) is 15.5. The van der Waals surface area contributed by atoms with E-state index in [-0.39, 0.29) is 17.6 Å². The van der Waals surface area contributed by atoms with Gasteiger partial charge in [0.15, 0.2) is 0 Å². The maximum absolute atomic E-state index is 12.6. The Hall–Kier alpha value is -0.570. The summed E-state index contributed by atoms with van der Waals surface area (Å²) < 4.78 is 0. The van der Waals surface area contributed by atoms with Crippen LogP contribution >= 0.6 is 0 Å². The molecule has 2 unspecified atom stereocenters. The zero-order valence-electron chi connectivity index (χ0n) is 12.9. The van der Waals surface area contributed by atoms with Crippen LogP contribution in [0.2, 0.25) is 0 Å². The molecule has 0 aromatic rings. The molecular weight excluding hydrogens is 224 g/mol. The second kappa shape index (κ2) is 6.05. The Morgan fingerprint density at radius 3 is 2.22 bits per heavy atom. The minimum absolute atomic E-state index is 0.197. The van der Waals surface area contributed by atoms with Crippen LogP contribution in [0, 0.1) is 11.8 Å². The summed E-state index contributed by atoms with van der Waals surface area (Å²) in [4.78, 5) is 14.7. The first-order chi connectivity index (χ1) is 8.39. The highest BCUT2D eigenvalue weighted by atomic mass is 16.2. The number of nitrogens with one attached hydrogen (secondary N) is 1. The van der Waals surface area contributed by atoms with Gasteiger partial charge in [0.2, 0.25) is 5.91 Å². The Balaban J connectivity index is 2.88. The van der Waals surface area contributed by atoms with E-state index in [0.717, 1.165) is 25.8 Å². The van der Waals surface area contributed by atoms with Crippen LogP contribution in [0.5, 0.6) is 0 Å². The second-order valence-electron chi connectivity index (χ2n) is 6.16. The molecule has 0 saturated carbocycles. The van der Waals surface area contributed by atoms with Crippen molar-refractivity contribution in [2.75, 3.05) is 6.54 Å². The standard InChI is InChI=1S/C15H30N2O/c1-7-12(8-2)10-17-13(11(4)5)16-15(6,9-3)14(17)18/h11-13,16H,7-10H2,1-6H3. The van der Waals surface area contributed by atoms with Crippen LogP contribution in [0.3, 0.4) is 0 Å². The molecular formula is C15H30N2O. The molecule has 3 nitrogen and oxygen atoms in total. The lowest BCUT2D eigenvalue weighted by Gasteiger charge is -2.30. The zero-order valence-corrected chi connectivity index (χ0v) is 12.9. The van der Waals surface area contributed by atoms with E-state index in [2.05, 4.69) is 44.8 Å². The van der Waals surface area contributed by atoms with E-state index in [0.29, 0.717) is 11.8 Å². The minimum Gasteiger partial charge on any atom is -0.325 e. The number of rotatable bonds is 6. The summed E-state index contributed by atoms with van der Waals surface area (Å²) >= 11 is 0. The summed E-state index contributed by atoms with van der Waals surface area (Å²) in [5, 5.41) is 3.55. The highest BCUT2D eigenvalue weighted by Crippen LogP contribution is 2.28. The Labute approximate surface area is 112 Å². The molecule has 0 aromatic carbocycles. The SMILES string of the molecule is CCC(CC)CN1C(=O)C(C)(CC)NC1C(C)C. The first-order valence-electron chi connectivity index (χ1n) is 7.48. The highest BCUT2D eigenvalue weighted by molar-refractivity contribution is 5.88. The van der Waals surface area contributed by atoms with Gasteiger partial charge in [0, 0.05) is 6.54 Å². The molecule has 0 radical (unpaired) electrons. The van der Waals surface area contributed by atoms with E-state index in [1.54, 1.807) is 0 Å². The maximum Gasteiger partial charge on any atom is 0.243 e. The monoisotopic (exact) mass is 254 g/mol. The Bertz CT molecular complexity index is 286. The van der Waals surface area contributed by atoms with E-state index in [1.165, 1.54) is 0 Å². The summed E-state index contributed by atoms with van der Waals surface area (Å²) in [5.41, 5.74) is -0.360. The lowest BCUT2D eigenvalue weighted by molar-refractivity contribution is -0.134. The number of carbonyl (C=O) groups excluding carboxylic acids is 1. The van der Waals surface area contributed by atoms with Crippen molar-refractivity contribution in [2.45, 2.75) is 72.5 Å². The fourth-order valence-corrected chi connectivity index (χ4v) is 2.71. The average Bonchev–Trinajstić information content (AvgIpc) is 2.61. The molecule has 1 rings (SSSR count). The zero-order chi connectivity index (χ0) is 13.9. The van der Waals surface area contributed by atoms with Gasteiger partial charge in [0.25, 0.3) is 0 Å². The molecule has 1 amide bonds. The molecule has 3 heteroatoms. The molecule has 0 aromatic heterocycles. The number of carbonyl (C=O) groups is 1.